The highest BCUT2D eigenvalue weighted by molar-refractivity contribution is 5.93. The zero-order valence-corrected chi connectivity index (χ0v) is 19.6. The number of anilines is 2. The molecule has 1 saturated heterocycles. The molecule has 9 heteroatoms. The van der Waals surface area contributed by atoms with Crippen LogP contribution in [-0.4, -0.2) is 56.1 Å². The fraction of sp³-hybridized carbons (Fsp3) is 0.400. The molecular formula is C25H32N4O5. The standard InChI is InChI=1S/C25H32N4O5/c1-3-34-22-7-5-4-6-21(22)28-25(32)26-15-12-23(30)29-16-13-18(14-17-29)24(31)27-19-8-10-20(33-2)11-9-19/h4-11,18H,3,12-17H2,1-2H3,(H,27,31)(H2,26,28,32). The number of piperidine rings is 1. The summed E-state index contributed by atoms with van der Waals surface area (Å²) < 4.78 is 10.6. The van der Waals surface area contributed by atoms with Crippen molar-refractivity contribution in [3.8, 4) is 11.5 Å². The number of ether oxygens (including phenoxy) is 2. The van der Waals surface area contributed by atoms with Gasteiger partial charge in [0.1, 0.15) is 11.5 Å². The van der Waals surface area contributed by atoms with Crippen molar-refractivity contribution in [3.05, 3.63) is 48.5 Å². The summed E-state index contributed by atoms with van der Waals surface area (Å²) in [6.45, 7) is 3.63. The monoisotopic (exact) mass is 468 g/mol. The van der Waals surface area contributed by atoms with Gasteiger partial charge >= 0.3 is 6.03 Å². The molecule has 0 bridgehead atoms. The van der Waals surface area contributed by atoms with Gasteiger partial charge in [-0.15, -0.1) is 0 Å². The molecule has 1 heterocycles. The molecule has 0 atom stereocenters. The molecule has 182 valence electrons. The number of urea groups is 1. The maximum atomic E-state index is 12.6. The Bertz CT molecular complexity index is 972. The second-order valence-electron chi connectivity index (χ2n) is 7.93. The smallest absolute Gasteiger partial charge is 0.319 e. The molecule has 34 heavy (non-hydrogen) atoms. The number of para-hydroxylation sites is 2. The molecule has 9 nitrogen and oxygen atoms in total. The number of nitrogens with one attached hydrogen (secondary N) is 3. The highest BCUT2D eigenvalue weighted by Gasteiger charge is 2.27. The van der Waals surface area contributed by atoms with Gasteiger partial charge in [0.15, 0.2) is 0 Å². The van der Waals surface area contributed by atoms with E-state index in [1.807, 2.05) is 19.1 Å². The van der Waals surface area contributed by atoms with Crippen molar-refractivity contribution < 1.29 is 23.9 Å². The fourth-order valence-electron chi connectivity index (χ4n) is 3.77. The van der Waals surface area contributed by atoms with E-state index in [2.05, 4.69) is 16.0 Å². The van der Waals surface area contributed by atoms with E-state index in [-0.39, 0.29) is 30.7 Å². The zero-order valence-electron chi connectivity index (χ0n) is 19.6. The topological polar surface area (TPSA) is 109 Å². The van der Waals surface area contributed by atoms with E-state index in [4.69, 9.17) is 9.47 Å². The summed E-state index contributed by atoms with van der Waals surface area (Å²) in [6, 6.07) is 14.0. The number of amides is 4. The van der Waals surface area contributed by atoms with Crippen molar-refractivity contribution in [2.75, 3.05) is 44.0 Å². The van der Waals surface area contributed by atoms with E-state index in [1.54, 1.807) is 48.4 Å². The van der Waals surface area contributed by atoms with E-state index in [9.17, 15) is 14.4 Å². The van der Waals surface area contributed by atoms with E-state index in [0.717, 1.165) is 11.4 Å². The van der Waals surface area contributed by atoms with Crippen LogP contribution in [0.3, 0.4) is 0 Å². The van der Waals surface area contributed by atoms with Gasteiger partial charge in [0.05, 0.1) is 19.4 Å². The summed E-state index contributed by atoms with van der Waals surface area (Å²) in [5.41, 5.74) is 1.29. The Labute approximate surface area is 199 Å². The zero-order chi connectivity index (χ0) is 24.3. The Morgan fingerprint density at radius 2 is 1.71 bits per heavy atom. The second kappa shape index (κ2) is 12.5. The number of carbonyl (C=O) groups excluding carboxylic acids is 3. The van der Waals surface area contributed by atoms with E-state index < -0.39 is 6.03 Å². The normalized spacial score (nSPS) is 13.6. The van der Waals surface area contributed by atoms with Crippen molar-refractivity contribution in [2.45, 2.75) is 26.2 Å². The number of carbonyl (C=O) groups is 3. The molecule has 0 radical (unpaired) electrons. The molecule has 0 saturated carbocycles. The number of rotatable bonds is 9. The molecule has 1 aliphatic rings. The predicted octanol–water partition coefficient (Wildman–Crippen LogP) is 3.48. The van der Waals surface area contributed by atoms with E-state index >= 15 is 0 Å². The van der Waals surface area contributed by atoms with Gasteiger partial charge in [0.2, 0.25) is 11.8 Å². The molecule has 0 aliphatic carbocycles. The van der Waals surface area contributed by atoms with Gasteiger partial charge < -0.3 is 30.3 Å². The number of hydrogen-bond donors (Lipinski definition) is 3. The first-order valence-corrected chi connectivity index (χ1v) is 11.5. The van der Waals surface area contributed by atoms with Gasteiger partial charge in [0, 0.05) is 37.7 Å². The number of methoxy groups -OCH3 is 1. The van der Waals surface area contributed by atoms with Gasteiger partial charge in [-0.05, 0) is 56.2 Å². The van der Waals surface area contributed by atoms with Crippen LogP contribution in [-0.2, 0) is 9.59 Å². The molecule has 0 unspecified atom stereocenters. The molecule has 4 amide bonds. The summed E-state index contributed by atoms with van der Waals surface area (Å²) in [4.78, 5) is 39.0. The Hall–Kier alpha value is -3.75. The molecule has 0 spiro atoms. The molecule has 3 N–H and O–H groups in total. The van der Waals surface area contributed by atoms with Crippen LogP contribution in [0, 0.1) is 5.92 Å². The van der Waals surface area contributed by atoms with Crippen molar-refractivity contribution in [1.82, 2.24) is 10.2 Å². The fourth-order valence-corrected chi connectivity index (χ4v) is 3.77. The lowest BCUT2D eigenvalue weighted by atomic mass is 9.95. The number of nitrogens with zero attached hydrogens (tertiary/aromatic N) is 1. The summed E-state index contributed by atoms with van der Waals surface area (Å²) in [5.74, 6) is 1.11. The first-order valence-electron chi connectivity index (χ1n) is 11.5. The van der Waals surface area contributed by atoms with E-state index in [0.29, 0.717) is 44.0 Å². The Morgan fingerprint density at radius 3 is 2.38 bits per heavy atom. The lowest BCUT2D eigenvalue weighted by Gasteiger charge is -2.31. The summed E-state index contributed by atoms with van der Waals surface area (Å²) >= 11 is 0. The molecule has 2 aromatic carbocycles. The average molecular weight is 469 g/mol. The van der Waals surface area contributed by atoms with Crippen molar-refractivity contribution in [2.24, 2.45) is 5.92 Å². The Morgan fingerprint density at radius 1 is 1.00 bits per heavy atom. The van der Waals surface area contributed by atoms with Crippen LogP contribution in [0.1, 0.15) is 26.2 Å². The lowest BCUT2D eigenvalue weighted by Crippen LogP contribution is -2.42. The predicted molar refractivity (Wildman–Crippen MR) is 130 cm³/mol. The first kappa shape index (κ1) is 24.9. The van der Waals surface area contributed by atoms with Crippen molar-refractivity contribution >= 4 is 29.2 Å². The number of benzene rings is 2. The van der Waals surface area contributed by atoms with E-state index in [1.165, 1.54) is 0 Å². The minimum atomic E-state index is -0.395. The molecule has 1 fully saturated rings. The summed E-state index contributed by atoms with van der Waals surface area (Å²) in [7, 11) is 1.59. The van der Waals surface area contributed by atoms with Gasteiger partial charge in [0.25, 0.3) is 0 Å². The third-order valence-electron chi connectivity index (χ3n) is 5.64. The summed E-state index contributed by atoms with van der Waals surface area (Å²) in [6.07, 6.45) is 1.41. The van der Waals surface area contributed by atoms with Crippen LogP contribution in [0.5, 0.6) is 11.5 Å². The largest absolute Gasteiger partial charge is 0.497 e. The number of likely N-dealkylation sites (tertiary alicyclic amines) is 1. The highest BCUT2D eigenvalue weighted by Crippen LogP contribution is 2.24. The van der Waals surface area contributed by atoms with Crippen LogP contribution in [0.2, 0.25) is 0 Å². The van der Waals surface area contributed by atoms with Crippen LogP contribution in [0.25, 0.3) is 0 Å². The lowest BCUT2D eigenvalue weighted by molar-refractivity contribution is -0.134. The van der Waals surface area contributed by atoms with Gasteiger partial charge in [-0.25, -0.2) is 4.79 Å². The molecule has 0 aromatic heterocycles. The van der Waals surface area contributed by atoms with Crippen LogP contribution >= 0.6 is 0 Å². The van der Waals surface area contributed by atoms with Gasteiger partial charge in [-0.2, -0.15) is 0 Å². The SMILES string of the molecule is CCOc1ccccc1NC(=O)NCCC(=O)N1CCC(C(=O)Nc2ccc(OC)cc2)CC1. The average Bonchev–Trinajstić information content (AvgIpc) is 2.86. The maximum Gasteiger partial charge on any atom is 0.319 e. The minimum Gasteiger partial charge on any atom is -0.497 e. The Balaban J connectivity index is 1.36. The van der Waals surface area contributed by atoms with Gasteiger partial charge in [-0.3, -0.25) is 9.59 Å². The van der Waals surface area contributed by atoms with Gasteiger partial charge in [-0.1, -0.05) is 12.1 Å². The maximum absolute atomic E-state index is 12.6. The first-order chi connectivity index (χ1) is 16.5. The van der Waals surface area contributed by atoms with Crippen molar-refractivity contribution in [3.63, 3.8) is 0 Å². The highest BCUT2D eigenvalue weighted by atomic mass is 16.5. The summed E-state index contributed by atoms with van der Waals surface area (Å²) in [5, 5.41) is 8.37. The molecule has 1 aliphatic heterocycles. The molecule has 2 aromatic rings. The minimum absolute atomic E-state index is 0.0379. The third kappa shape index (κ3) is 7.13. The van der Waals surface area contributed by atoms with Crippen LogP contribution in [0.4, 0.5) is 16.2 Å². The Kier molecular flexibility index (Phi) is 9.13. The third-order valence-corrected chi connectivity index (χ3v) is 5.64. The van der Waals surface area contributed by atoms with Crippen LogP contribution in [0.15, 0.2) is 48.5 Å². The second-order valence-corrected chi connectivity index (χ2v) is 7.93. The van der Waals surface area contributed by atoms with Crippen LogP contribution < -0.4 is 25.4 Å². The molecular weight excluding hydrogens is 436 g/mol. The quantitative estimate of drug-likeness (QED) is 0.522. The number of hydrogen-bond acceptors (Lipinski definition) is 5. The molecule has 3 rings (SSSR count). The van der Waals surface area contributed by atoms with Crippen molar-refractivity contribution in [1.29, 1.82) is 0 Å².